The third-order valence-electron chi connectivity index (χ3n) is 2.69. The van der Waals surface area contributed by atoms with E-state index in [4.69, 9.17) is 0 Å². The second-order valence-corrected chi connectivity index (χ2v) is 4.07. The second-order valence-electron chi connectivity index (χ2n) is 4.07. The lowest BCUT2D eigenvalue weighted by Gasteiger charge is -2.15. The van der Waals surface area contributed by atoms with Gasteiger partial charge >= 0.3 is 0 Å². The van der Waals surface area contributed by atoms with Crippen molar-refractivity contribution in [1.29, 1.82) is 0 Å². The molecule has 3 heteroatoms. The van der Waals surface area contributed by atoms with Crippen LogP contribution in [0, 0.1) is 0 Å². The minimum Gasteiger partial charge on any atom is -0.308 e. The Morgan fingerprint density at radius 1 is 1.12 bits per heavy atom. The van der Waals surface area contributed by atoms with E-state index in [9.17, 15) is 0 Å². The van der Waals surface area contributed by atoms with Crippen LogP contribution in [0.15, 0.2) is 18.5 Å². The number of aromatic nitrogens is 2. The molecule has 0 amide bonds. The number of rotatable bonds is 8. The molecule has 0 spiro atoms. The maximum absolute atomic E-state index is 4.32. The molecule has 0 aliphatic rings. The Balaban J connectivity index is 2.41. The molecule has 0 radical (unpaired) electrons. The van der Waals surface area contributed by atoms with Crippen molar-refractivity contribution in [2.24, 2.45) is 0 Å². The molecule has 16 heavy (non-hydrogen) atoms. The maximum Gasteiger partial charge on any atom is 0.145 e. The van der Waals surface area contributed by atoms with E-state index in [2.05, 4.69) is 29.1 Å². The number of hydrogen-bond donors (Lipinski definition) is 1. The molecule has 1 unspecified atom stereocenters. The smallest absolute Gasteiger partial charge is 0.145 e. The fraction of sp³-hybridized carbons (Fsp3) is 0.692. The summed E-state index contributed by atoms with van der Waals surface area (Å²) in [6.45, 7) is 5.33. The molecule has 1 heterocycles. The fourth-order valence-corrected chi connectivity index (χ4v) is 1.83. The van der Waals surface area contributed by atoms with Gasteiger partial charge in [-0.2, -0.15) is 0 Å². The van der Waals surface area contributed by atoms with Crippen molar-refractivity contribution in [2.75, 3.05) is 6.54 Å². The molecule has 0 saturated heterocycles. The molecule has 0 bridgehead atoms. The maximum atomic E-state index is 4.32. The van der Waals surface area contributed by atoms with Crippen LogP contribution in [0.5, 0.6) is 0 Å². The van der Waals surface area contributed by atoms with Gasteiger partial charge in [-0.25, -0.2) is 9.97 Å². The summed E-state index contributed by atoms with van der Waals surface area (Å²) in [5, 5.41) is 3.45. The van der Waals surface area contributed by atoms with Crippen LogP contribution in [0.1, 0.15) is 57.8 Å². The number of unbranched alkanes of at least 4 members (excludes halogenated alkanes) is 3. The lowest BCUT2D eigenvalue weighted by molar-refractivity contribution is 0.462. The zero-order valence-electron chi connectivity index (χ0n) is 10.4. The van der Waals surface area contributed by atoms with E-state index in [0.29, 0.717) is 6.04 Å². The molecule has 1 aromatic heterocycles. The molecule has 0 aromatic carbocycles. The van der Waals surface area contributed by atoms with Crippen LogP contribution in [0.25, 0.3) is 0 Å². The molecule has 1 rings (SSSR count). The summed E-state index contributed by atoms with van der Waals surface area (Å²) < 4.78 is 0. The molecule has 1 aromatic rings. The zero-order valence-corrected chi connectivity index (χ0v) is 10.4. The summed E-state index contributed by atoms with van der Waals surface area (Å²) in [6, 6.07) is 2.19. The summed E-state index contributed by atoms with van der Waals surface area (Å²) >= 11 is 0. The fourth-order valence-electron chi connectivity index (χ4n) is 1.83. The second kappa shape index (κ2) is 8.22. The van der Waals surface area contributed by atoms with Crippen molar-refractivity contribution in [1.82, 2.24) is 15.3 Å². The van der Waals surface area contributed by atoms with Gasteiger partial charge in [-0.15, -0.1) is 0 Å². The van der Waals surface area contributed by atoms with E-state index in [1.54, 1.807) is 0 Å². The number of hydrogen-bond acceptors (Lipinski definition) is 3. The average molecular weight is 221 g/mol. The van der Waals surface area contributed by atoms with Crippen LogP contribution in [-0.2, 0) is 0 Å². The molecule has 0 saturated carbocycles. The van der Waals surface area contributed by atoms with Crippen molar-refractivity contribution in [3.63, 3.8) is 0 Å². The Morgan fingerprint density at radius 3 is 2.50 bits per heavy atom. The van der Waals surface area contributed by atoms with Gasteiger partial charge < -0.3 is 5.32 Å². The third kappa shape index (κ3) is 4.71. The first-order chi connectivity index (χ1) is 7.88. The molecule has 1 atom stereocenters. The highest BCUT2D eigenvalue weighted by Crippen LogP contribution is 2.16. The highest BCUT2D eigenvalue weighted by molar-refractivity contribution is 4.95. The largest absolute Gasteiger partial charge is 0.308 e. The molecule has 0 aliphatic carbocycles. The number of nitrogens with one attached hydrogen (secondary N) is 1. The quantitative estimate of drug-likeness (QED) is 0.685. The van der Waals surface area contributed by atoms with Crippen molar-refractivity contribution in [3.8, 4) is 0 Å². The minimum atomic E-state index is 0.322. The van der Waals surface area contributed by atoms with Crippen molar-refractivity contribution < 1.29 is 0 Å². The van der Waals surface area contributed by atoms with E-state index in [1.807, 2.05) is 18.5 Å². The summed E-state index contributed by atoms with van der Waals surface area (Å²) in [4.78, 5) is 8.65. The van der Waals surface area contributed by atoms with Crippen LogP contribution in [0.2, 0.25) is 0 Å². The lowest BCUT2D eigenvalue weighted by Crippen LogP contribution is -2.22. The van der Waals surface area contributed by atoms with Gasteiger partial charge in [-0.05, 0) is 19.0 Å². The third-order valence-corrected chi connectivity index (χ3v) is 2.69. The Kier molecular flexibility index (Phi) is 6.74. The SMILES string of the molecule is CCCCCCC(NCC)c1ncccn1. The zero-order chi connectivity index (χ0) is 11.6. The summed E-state index contributed by atoms with van der Waals surface area (Å²) in [6.07, 6.45) is 9.95. The van der Waals surface area contributed by atoms with Gasteiger partial charge in [0.25, 0.3) is 0 Å². The van der Waals surface area contributed by atoms with E-state index < -0.39 is 0 Å². The lowest BCUT2D eigenvalue weighted by atomic mass is 10.1. The predicted octanol–water partition coefficient (Wildman–Crippen LogP) is 3.10. The Hall–Kier alpha value is -0.960. The van der Waals surface area contributed by atoms with Crippen LogP contribution in [-0.4, -0.2) is 16.5 Å². The van der Waals surface area contributed by atoms with Crippen molar-refractivity contribution >= 4 is 0 Å². The van der Waals surface area contributed by atoms with E-state index in [-0.39, 0.29) is 0 Å². The first-order valence-corrected chi connectivity index (χ1v) is 6.38. The van der Waals surface area contributed by atoms with Gasteiger partial charge in [-0.3, -0.25) is 0 Å². The molecule has 90 valence electrons. The number of nitrogens with zero attached hydrogens (tertiary/aromatic N) is 2. The average Bonchev–Trinajstić information content (AvgIpc) is 2.34. The van der Waals surface area contributed by atoms with Crippen LogP contribution in [0.3, 0.4) is 0 Å². The highest BCUT2D eigenvalue weighted by Gasteiger charge is 2.11. The molecule has 0 fully saturated rings. The Labute approximate surface area is 98.7 Å². The molecule has 1 N–H and O–H groups in total. The topological polar surface area (TPSA) is 37.8 Å². The highest BCUT2D eigenvalue weighted by atomic mass is 15.0. The van der Waals surface area contributed by atoms with E-state index in [1.165, 1.54) is 25.7 Å². The summed E-state index contributed by atoms with van der Waals surface area (Å²) in [5.41, 5.74) is 0. The minimum absolute atomic E-state index is 0.322. The van der Waals surface area contributed by atoms with Gasteiger partial charge in [0.15, 0.2) is 0 Å². The van der Waals surface area contributed by atoms with Crippen LogP contribution in [0.4, 0.5) is 0 Å². The Bertz CT molecular complexity index is 261. The Morgan fingerprint density at radius 2 is 1.88 bits per heavy atom. The molecule has 0 aliphatic heterocycles. The van der Waals surface area contributed by atoms with Gasteiger partial charge in [0.2, 0.25) is 0 Å². The molecular formula is C13H23N3. The van der Waals surface area contributed by atoms with Crippen LogP contribution < -0.4 is 5.32 Å². The van der Waals surface area contributed by atoms with Crippen molar-refractivity contribution in [2.45, 2.75) is 52.0 Å². The summed E-state index contributed by atoms with van der Waals surface area (Å²) in [7, 11) is 0. The molecule has 3 nitrogen and oxygen atoms in total. The standard InChI is InChI=1S/C13H23N3/c1-3-5-6-7-9-12(14-4-2)13-15-10-8-11-16-13/h8,10-12,14H,3-7,9H2,1-2H3. The van der Waals surface area contributed by atoms with E-state index in [0.717, 1.165) is 18.8 Å². The van der Waals surface area contributed by atoms with E-state index >= 15 is 0 Å². The van der Waals surface area contributed by atoms with Gasteiger partial charge in [-0.1, -0.05) is 39.5 Å². The van der Waals surface area contributed by atoms with Gasteiger partial charge in [0.1, 0.15) is 5.82 Å². The van der Waals surface area contributed by atoms with Gasteiger partial charge in [0.05, 0.1) is 6.04 Å². The first-order valence-electron chi connectivity index (χ1n) is 6.38. The van der Waals surface area contributed by atoms with Crippen LogP contribution >= 0.6 is 0 Å². The molecular weight excluding hydrogens is 198 g/mol. The van der Waals surface area contributed by atoms with Crippen molar-refractivity contribution in [3.05, 3.63) is 24.3 Å². The monoisotopic (exact) mass is 221 g/mol. The first kappa shape index (κ1) is 13.1. The normalized spacial score (nSPS) is 12.6. The summed E-state index contributed by atoms with van der Waals surface area (Å²) in [5.74, 6) is 0.931. The predicted molar refractivity (Wildman–Crippen MR) is 67.2 cm³/mol. The van der Waals surface area contributed by atoms with Gasteiger partial charge in [0, 0.05) is 12.4 Å².